The third-order valence-electron chi connectivity index (χ3n) is 4.95. The number of rotatable bonds is 4. The molecule has 0 atom stereocenters. The van der Waals surface area contributed by atoms with Gasteiger partial charge in [0, 0.05) is 43.3 Å². The minimum Gasteiger partial charge on any atom is -0.450 e. The number of ether oxygens (including phenoxy) is 2. The lowest BCUT2D eigenvalue weighted by Gasteiger charge is -2.27. The van der Waals surface area contributed by atoms with Crippen LogP contribution >= 0.6 is 0 Å². The Kier molecular flexibility index (Phi) is 5.54. The predicted octanol–water partition coefficient (Wildman–Crippen LogP) is 4.62. The fraction of sp³-hybridized carbons (Fsp3) is 0.333. The summed E-state index contributed by atoms with van der Waals surface area (Å²) in [7, 11) is 0. The highest BCUT2D eigenvalue weighted by atomic mass is 19.1. The quantitative estimate of drug-likeness (QED) is 0.650. The van der Waals surface area contributed by atoms with Gasteiger partial charge in [-0.2, -0.15) is 0 Å². The number of nitrogens with one attached hydrogen (secondary N) is 2. The Morgan fingerprint density at radius 3 is 2.63 bits per heavy atom. The van der Waals surface area contributed by atoms with Crippen molar-refractivity contribution < 1.29 is 23.0 Å². The van der Waals surface area contributed by atoms with Crippen molar-refractivity contribution in [3.63, 3.8) is 0 Å². The van der Waals surface area contributed by atoms with Gasteiger partial charge in [-0.3, -0.25) is 0 Å². The molecular weight excluding hydrogens is 394 g/mol. The summed E-state index contributed by atoms with van der Waals surface area (Å²) in [6, 6.07) is 3.20. The smallest absolute Gasteiger partial charge is 0.322 e. The normalized spacial score (nSPS) is 14.4. The first kappa shape index (κ1) is 20.1. The lowest BCUT2D eigenvalue weighted by atomic mass is 10.0. The number of urea groups is 1. The SMILES string of the molecule is CC(C)c1c[nH]c2nccc(Oc3c(F)cc(NC(=O)N4CCOCC4)cc3F)c12. The van der Waals surface area contributed by atoms with E-state index in [1.165, 1.54) is 11.1 Å². The first-order valence-corrected chi connectivity index (χ1v) is 9.70. The number of H-pyrrole nitrogens is 1. The molecule has 0 unspecified atom stereocenters. The number of carbonyl (C=O) groups is 1. The third-order valence-corrected chi connectivity index (χ3v) is 4.95. The van der Waals surface area contributed by atoms with Gasteiger partial charge in [-0.05, 0) is 17.5 Å². The van der Waals surface area contributed by atoms with Gasteiger partial charge in [0.25, 0.3) is 0 Å². The average Bonchev–Trinajstić information content (AvgIpc) is 3.17. The number of hydrogen-bond donors (Lipinski definition) is 2. The Balaban J connectivity index is 1.59. The molecule has 7 nitrogen and oxygen atoms in total. The topological polar surface area (TPSA) is 79.5 Å². The van der Waals surface area contributed by atoms with Gasteiger partial charge in [0.15, 0.2) is 17.4 Å². The molecule has 0 saturated carbocycles. The van der Waals surface area contributed by atoms with E-state index in [-0.39, 0.29) is 11.6 Å². The molecule has 2 N–H and O–H groups in total. The molecule has 1 aliphatic rings. The number of carbonyl (C=O) groups excluding carboxylic acids is 1. The first-order valence-electron chi connectivity index (χ1n) is 9.70. The second-order valence-corrected chi connectivity index (χ2v) is 7.33. The van der Waals surface area contributed by atoms with E-state index in [0.29, 0.717) is 43.1 Å². The number of fused-ring (bicyclic) bond motifs is 1. The van der Waals surface area contributed by atoms with Crippen LogP contribution in [0.4, 0.5) is 19.3 Å². The molecular formula is C21H22F2N4O3. The van der Waals surface area contributed by atoms with Crippen molar-refractivity contribution >= 4 is 22.8 Å². The van der Waals surface area contributed by atoms with Crippen LogP contribution in [0.15, 0.2) is 30.6 Å². The minimum absolute atomic E-state index is 0.0123. The molecule has 0 bridgehead atoms. The maximum atomic E-state index is 14.7. The summed E-state index contributed by atoms with van der Waals surface area (Å²) >= 11 is 0. The molecule has 0 radical (unpaired) electrons. The van der Waals surface area contributed by atoms with Crippen molar-refractivity contribution in [2.24, 2.45) is 0 Å². The van der Waals surface area contributed by atoms with Gasteiger partial charge in [0.1, 0.15) is 11.4 Å². The minimum atomic E-state index is -0.918. The Morgan fingerprint density at radius 1 is 1.27 bits per heavy atom. The van der Waals surface area contributed by atoms with E-state index in [4.69, 9.17) is 9.47 Å². The van der Waals surface area contributed by atoms with Crippen molar-refractivity contribution in [3.05, 3.63) is 47.8 Å². The van der Waals surface area contributed by atoms with Gasteiger partial charge in [-0.15, -0.1) is 0 Å². The zero-order valence-corrected chi connectivity index (χ0v) is 16.7. The summed E-state index contributed by atoms with van der Waals surface area (Å²) < 4.78 is 40.2. The number of halogens is 2. The third kappa shape index (κ3) is 3.93. The van der Waals surface area contributed by atoms with Crippen molar-refractivity contribution in [2.45, 2.75) is 19.8 Å². The molecule has 30 heavy (non-hydrogen) atoms. The molecule has 158 valence electrons. The van der Waals surface area contributed by atoms with Gasteiger partial charge in [0.2, 0.25) is 0 Å². The van der Waals surface area contributed by atoms with Crippen molar-refractivity contribution in [1.82, 2.24) is 14.9 Å². The van der Waals surface area contributed by atoms with Crippen LogP contribution in [0.1, 0.15) is 25.3 Å². The number of anilines is 1. The highest BCUT2D eigenvalue weighted by molar-refractivity contribution is 5.89. The number of morpholine rings is 1. The van der Waals surface area contributed by atoms with Gasteiger partial charge in [-0.25, -0.2) is 18.6 Å². The van der Waals surface area contributed by atoms with Crippen LogP contribution in [0.5, 0.6) is 11.5 Å². The Bertz CT molecular complexity index is 1050. The molecule has 2 amide bonds. The number of aromatic nitrogens is 2. The second-order valence-electron chi connectivity index (χ2n) is 7.33. The number of nitrogens with zero attached hydrogens (tertiary/aromatic N) is 2. The van der Waals surface area contributed by atoms with Crippen molar-refractivity contribution in [3.8, 4) is 11.5 Å². The lowest BCUT2D eigenvalue weighted by molar-refractivity contribution is 0.0564. The van der Waals surface area contributed by atoms with E-state index in [9.17, 15) is 13.6 Å². The molecule has 3 heterocycles. The van der Waals surface area contributed by atoms with E-state index in [1.54, 1.807) is 6.07 Å². The number of pyridine rings is 1. The Hall–Kier alpha value is -3.20. The monoisotopic (exact) mass is 416 g/mol. The highest BCUT2D eigenvalue weighted by Gasteiger charge is 2.21. The molecule has 3 aromatic rings. The van der Waals surface area contributed by atoms with Gasteiger partial charge >= 0.3 is 6.03 Å². The van der Waals surface area contributed by atoms with Gasteiger partial charge in [-0.1, -0.05) is 13.8 Å². The summed E-state index contributed by atoms with van der Waals surface area (Å²) in [6.45, 7) is 5.72. The predicted molar refractivity (Wildman–Crippen MR) is 108 cm³/mol. The zero-order valence-electron chi connectivity index (χ0n) is 16.7. The summed E-state index contributed by atoms with van der Waals surface area (Å²) in [5, 5.41) is 3.19. The van der Waals surface area contributed by atoms with E-state index in [1.807, 2.05) is 20.0 Å². The highest BCUT2D eigenvalue weighted by Crippen LogP contribution is 2.37. The first-order chi connectivity index (χ1) is 14.4. The van der Waals surface area contributed by atoms with Crippen LogP contribution in [0.3, 0.4) is 0 Å². The molecule has 0 aliphatic carbocycles. The summed E-state index contributed by atoms with van der Waals surface area (Å²) in [5.74, 6) is -1.91. The number of hydrogen-bond acceptors (Lipinski definition) is 4. The van der Waals surface area contributed by atoms with Crippen LogP contribution in [-0.2, 0) is 4.74 Å². The maximum Gasteiger partial charge on any atom is 0.322 e. The Morgan fingerprint density at radius 2 is 1.97 bits per heavy atom. The molecule has 0 spiro atoms. The molecule has 2 aromatic heterocycles. The van der Waals surface area contributed by atoms with Crippen LogP contribution < -0.4 is 10.1 Å². The van der Waals surface area contributed by atoms with E-state index in [2.05, 4.69) is 15.3 Å². The number of amides is 2. The summed E-state index contributed by atoms with van der Waals surface area (Å²) in [5.41, 5.74) is 1.52. The van der Waals surface area contributed by atoms with Crippen LogP contribution in [-0.4, -0.2) is 47.2 Å². The van der Waals surface area contributed by atoms with Gasteiger partial charge in [0.05, 0.1) is 18.6 Å². The van der Waals surface area contributed by atoms with Crippen LogP contribution in [0.25, 0.3) is 11.0 Å². The zero-order chi connectivity index (χ0) is 21.3. The molecule has 1 saturated heterocycles. The van der Waals surface area contributed by atoms with Crippen LogP contribution in [0.2, 0.25) is 0 Å². The summed E-state index contributed by atoms with van der Waals surface area (Å²) in [4.78, 5) is 21.1. The van der Waals surface area contributed by atoms with E-state index in [0.717, 1.165) is 17.7 Å². The Labute approximate surface area is 172 Å². The standard InChI is InChI=1S/C21H22F2N4O3/c1-12(2)14-11-25-20-18(14)17(3-4-24-20)30-19-15(22)9-13(10-16(19)23)26-21(28)27-5-7-29-8-6-27/h3-4,9-12H,5-8H2,1-2H3,(H,24,25)(H,26,28). The fourth-order valence-corrected chi connectivity index (χ4v) is 3.40. The molecule has 1 fully saturated rings. The van der Waals surface area contributed by atoms with E-state index >= 15 is 0 Å². The molecule has 1 aliphatic heterocycles. The van der Waals surface area contributed by atoms with Gasteiger partial charge < -0.3 is 24.7 Å². The summed E-state index contributed by atoms with van der Waals surface area (Å²) in [6.07, 6.45) is 3.32. The molecule has 1 aromatic carbocycles. The lowest BCUT2D eigenvalue weighted by Crippen LogP contribution is -2.43. The maximum absolute atomic E-state index is 14.7. The largest absolute Gasteiger partial charge is 0.450 e. The number of benzene rings is 1. The number of aromatic amines is 1. The van der Waals surface area contributed by atoms with Crippen molar-refractivity contribution in [2.75, 3.05) is 31.6 Å². The molecule has 9 heteroatoms. The molecule has 4 rings (SSSR count). The fourth-order valence-electron chi connectivity index (χ4n) is 3.40. The second kappa shape index (κ2) is 8.27. The average molecular weight is 416 g/mol. The van der Waals surface area contributed by atoms with Crippen LogP contribution in [0, 0.1) is 11.6 Å². The van der Waals surface area contributed by atoms with Crippen molar-refractivity contribution in [1.29, 1.82) is 0 Å². The van der Waals surface area contributed by atoms with E-state index < -0.39 is 23.4 Å².